The lowest BCUT2D eigenvalue weighted by molar-refractivity contribution is 0.0869. The van der Waals surface area contributed by atoms with Crippen molar-refractivity contribution in [1.82, 2.24) is 15.3 Å². The largest absolute Gasteiger partial charge is 0.393 e. The number of carbonyl (C=O) groups is 1. The fourth-order valence-corrected chi connectivity index (χ4v) is 2.61. The van der Waals surface area contributed by atoms with E-state index < -0.39 is 0 Å². The molecule has 100 valence electrons. The van der Waals surface area contributed by atoms with Crippen LogP contribution in [0.5, 0.6) is 0 Å². The van der Waals surface area contributed by atoms with E-state index in [2.05, 4.69) is 15.3 Å². The highest BCUT2D eigenvalue weighted by molar-refractivity contribution is 6.05. The monoisotopic (exact) mass is 259 g/mol. The maximum Gasteiger partial charge on any atom is 0.255 e. The van der Waals surface area contributed by atoms with Crippen LogP contribution in [0.2, 0.25) is 0 Å². The molecule has 1 aliphatic carbocycles. The number of nitrogens with one attached hydrogen (secondary N) is 2. The van der Waals surface area contributed by atoms with Crippen molar-refractivity contribution in [2.45, 2.75) is 37.8 Å². The summed E-state index contributed by atoms with van der Waals surface area (Å²) in [5, 5.41) is 12.5. The first-order valence-corrected chi connectivity index (χ1v) is 6.65. The van der Waals surface area contributed by atoms with E-state index in [9.17, 15) is 9.90 Å². The number of nitrogens with zero attached hydrogens (tertiary/aromatic N) is 1. The Morgan fingerprint density at radius 2 is 2.16 bits per heavy atom. The molecule has 5 heteroatoms. The van der Waals surface area contributed by atoms with Crippen LogP contribution in [0.15, 0.2) is 24.5 Å². The van der Waals surface area contributed by atoms with Crippen molar-refractivity contribution >= 4 is 16.9 Å². The van der Waals surface area contributed by atoms with Crippen molar-refractivity contribution in [3.63, 3.8) is 0 Å². The fraction of sp³-hybridized carbons (Fsp3) is 0.429. The number of amides is 1. The Morgan fingerprint density at radius 3 is 2.95 bits per heavy atom. The van der Waals surface area contributed by atoms with Gasteiger partial charge in [-0.05, 0) is 37.8 Å². The molecule has 1 fully saturated rings. The molecule has 0 radical (unpaired) electrons. The number of hydrogen-bond donors (Lipinski definition) is 3. The minimum atomic E-state index is -0.206. The maximum absolute atomic E-state index is 12.2. The van der Waals surface area contributed by atoms with Gasteiger partial charge in [-0.1, -0.05) is 0 Å². The maximum atomic E-state index is 12.2. The predicted octanol–water partition coefficient (Wildman–Crippen LogP) is 1.60. The Labute approximate surface area is 111 Å². The molecule has 1 aliphatic rings. The van der Waals surface area contributed by atoms with Gasteiger partial charge in [-0.25, -0.2) is 0 Å². The standard InChI is InChI=1S/C14H17N3O2/c18-10-5-3-9(4-6-10)17-14(19)11-8-16-12-2-1-7-15-13(11)12/h1-2,7-10,16,18H,3-6H2,(H,17,19). The predicted molar refractivity (Wildman–Crippen MR) is 71.8 cm³/mol. The molecule has 1 saturated carbocycles. The van der Waals surface area contributed by atoms with Crippen LogP contribution in [0.3, 0.4) is 0 Å². The van der Waals surface area contributed by atoms with Crippen LogP contribution in [0.1, 0.15) is 36.0 Å². The van der Waals surface area contributed by atoms with E-state index in [1.54, 1.807) is 12.4 Å². The fourth-order valence-electron chi connectivity index (χ4n) is 2.61. The number of rotatable bonds is 2. The van der Waals surface area contributed by atoms with Crippen LogP contribution in [0.4, 0.5) is 0 Å². The van der Waals surface area contributed by atoms with Gasteiger partial charge < -0.3 is 15.4 Å². The van der Waals surface area contributed by atoms with Gasteiger partial charge in [-0.2, -0.15) is 0 Å². The summed E-state index contributed by atoms with van der Waals surface area (Å²) in [5.74, 6) is -0.0914. The number of aromatic amines is 1. The summed E-state index contributed by atoms with van der Waals surface area (Å²) in [6, 6.07) is 3.89. The number of aromatic nitrogens is 2. The lowest BCUT2D eigenvalue weighted by Gasteiger charge is -2.26. The molecule has 5 nitrogen and oxygen atoms in total. The molecule has 0 bridgehead atoms. The summed E-state index contributed by atoms with van der Waals surface area (Å²) in [4.78, 5) is 19.5. The van der Waals surface area contributed by atoms with Gasteiger partial charge in [0.1, 0.15) is 5.52 Å². The van der Waals surface area contributed by atoms with Crippen LogP contribution in [-0.4, -0.2) is 33.1 Å². The van der Waals surface area contributed by atoms with Gasteiger partial charge in [-0.15, -0.1) is 0 Å². The van der Waals surface area contributed by atoms with E-state index in [-0.39, 0.29) is 18.1 Å². The molecule has 0 spiro atoms. The first kappa shape index (κ1) is 12.2. The zero-order chi connectivity index (χ0) is 13.2. The molecule has 3 N–H and O–H groups in total. The lowest BCUT2D eigenvalue weighted by Crippen LogP contribution is -2.38. The normalized spacial score (nSPS) is 23.4. The van der Waals surface area contributed by atoms with Crippen molar-refractivity contribution < 1.29 is 9.90 Å². The SMILES string of the molecule is O=C(NC1CCC(O)CC1)c1c[nH]c2cccnc12. The highest BCUT2D eigenvalue weighted by Gasteiger charge is 2.22. The molecule has 2 heterocycles. The molecule has 0 aliphatic heterocycles. The Balaban J connectivity index is 1.73. The number of fused-ring (bicyclic) bond motifs is 1. The third kappa shape index (κ3) is 2.46. The second kappa shape index (κ2) is 5.01. The van der Waals surface area contributed by atoms with Gasteiger partial charge >= 0.3 is 0 Å². The van der Waals surface area contributed by atoms with Crippen LogP contribution in [0, 0.1) is 0 Å². The van der Waals surface area contributed by atoms with Crippen LogP contribution < -0.4 is 5.32 Å². The highest BCUT2D eigenvalue weighted by Crippen LogP contribution is 2.20. The summed E-state index contributed by atoms with van der Waals surface area (Å²) in [6.45, 7) is 0. The van der Waals surface area contributed by atoms with Gasteiger partial charge in [-0.3, -0.25) is 9.78 Å². The van der Waals surface area contributed by atoms with Gasteiger partial charge in [0, 0.05) is 18.4 Å². The van der Waals surface area contributed by atoms with E-state index >= 15 is 0 Å². The zero-order valence-corrected chi connectivity index (χ0v) is 10.6. The number of pyridine rings is 1. The number of aliphatic hydroxyl groups excluding tert-OH is 1. The third-order valence-corrected chi connectivity index (χ3v) is 3.71. The average Bonchev–Trinajstić information content (AvgIpc) is 2.85. The molecule has 0 aromatic carbocycles. The second-order valence-electron chi connectivity index (χ2n) is 5.08. The molecule has 19 heavy (non-hydrogen) atoms. The molecular weight excluding hydrogens is 242 g/mol. The summed E-state index contributed by atoms with van der Waals surface area (Å²) in [5.41, 5.74) is 2.16. The first-order chi connectivity index (χ1) is 9.24. The van der Waals surface area contributed by atoms with Gasteiger partial charge in [0.25, 0.3) is 5.91 Å². The molecule has 0 saturated heterocycles. The highest BCUT2D eigenvalue weighted by atomic mass is 16.3. The van der Waals surface area contributed by atoms with Crippen LogP contribution in [0.25, 0.3) is 11.0 Å². The summed E-state index contributed by atoms with van der Waals surface area (Å²) in [6.07, 6.45) is 6.37. The van der Waals surface area contributed by atoms with E-state index in [0.29, 0.717) is 11.1 Å². The van der Waals surface area contributed by atoms with E-state index in [1.807, 2.05) is 12.1 Å². The molecule has 0 atom stereocenters. The van der Waals surface area contributed by atoms with E-state index in [1.165, 1.54) is 0 Å². The number of aliphatic hydroxyl groups is 1. The Hall–Kier alpha value is -1.88. The summed E-state index contributed by atoms with van der Waals surface area (Å²) in [7, 11) is 0. The van der Waals surface area contributed by atoms with E-state index in [0.717, 1.165) is 31.2 Å². The van der Waals surface area contributed by atoms with Crippen molar-refractivity contribution in [1.29, 1.82) is 0 Å². The Kier molecular flexibility index (Phi) is 3.21. The number of carbonyl (C=O) groups excluding carboxylic acids is 1. The van der Waals surface area contributed by atoms with E-state index in [4.69, 9.17) is 0 Å². The second-order valence-corrected chi connectivity index (χ2v) is 5.08. The van der Waals surface area contributed by atoms with Crippen molar-refractivity contribution in [2.24, 2.45) is 0 Å². The molecular formula is C14H17N3O2. The molecule has 2 aromatic heterocycles. The Bertz CT molecular complexity index is 585. The summed E-state index contributed by atoms with van der Waals surface area (Å²) < 4.78 is 0. The third-order valence-electron chi connectivity index (χ3n) is 3.71. The number of hydrogen-bond acceptors (Lipinski definition) is 3. The van der Waals surface area contributed by atoms with Crippen molar-refractivity contribution in [2.75, 3.05) is 0 Å². The number of H-pyrrole nitrogens is 1. The van der Waals surface area contributed by atoms with Crippen molar-refractivity contribution in [3.8, 4) is 0 Å². The smallest absolute Gasteiger partial charge is 0.255 e. The van der Waals surface area contributed by atoms with Crippen LogP contribution in [-0.2, 0) is 0 Å². The molecule has 0 unspecified atom stereocenters. The molecule has 3 rings (SSSR count). The van der Waals surface area contributed by atoms with Gasteiger partial charge in [0.05, 0.1) is 17.2 Å². The van der Waals surface area contributed by atoms with Gasteiger partial charge in [0.2, 0.25) is 0 Å². The topological polar surface area (TPSA) is 78.0 Å². The molecule has 2 aromatic rings. The minimum Gasteiger partial charge on any atom is -0.393 e. The quantitative estimate of drug-likeness (QED) is 0.766. The minimum absolute atomic E-state index is 0.0914. The summed E-state index contributed by atoms with van der Waals surface area (Å²) >= 11 is 0. The average molecular weight is 259 g/mol. The Morgan fingerprint density at radius 1 is 1.37 bits per heavy atom. The lowest BCUT2D eigenvalue weighted by atomic mass is 9.93. The van der Waals surface area contributed by atoms with Crippen LogP contribution >= 0.6 is 0 Å². The first-order valence-electron chi connectivity index (χ1n) is 6.65. The molecule has 1 amide bonds. The zero-order valence-electron chi connectivity index (χ0n) is 10.6. The van der Waals surface area contributed by atoms with Gasteiger partial charge in [0.15, 0.2) is 0 Å². The van der Waals surface area contributed by atoms with Crippen molar-refractivity contribution in [3.05, 3.63) is 30.1 Å².